The van der Waals surface area contributed by atoms with Crippen molar-refractivity contribution in [3.05, 3.63) is 114 Å². The number of carboxylic acids is 4. The van der Waals surface area contributed by atoms with Crippen LogP contribution in [-0.2, 0) is 19.2 Å². The average molecular weight is 885 g/mol. The number of rotatable bonds is 18. The maximum atomic E-state index is 13.6. The minimum Gasteiger partial charge on any atom is -0.488 e. The van der Waals surface area contributed by atoms with E-state index in [9.17, 15) is 44.4 Å². The first-order chi connectivity index (χ1) is 31.3. The highest BCUT2D eigenvalue weighted by Crippen LogP contribution is 2.42. The molecule has 3 heterocycles. The molecule has 0 bridgehead atoms. The third kappa shape index (κ3) is 9.63. The van der Waals surface area contributed by atoms with Crippen LogP contribution in [-0.4, -0.2) is 116 Å². The summed E-state index contributed by atoms with van der Waals surface area (Å²) in [6, 6.07) is 30.1. The van der Waals surface area contributed by atoms with E-state index < -0.39 is 37.0 Å². The van der Waals surface area contributed by atoms with Gasteiger partial charge in [0.15, 0.2) is 19.0 Å². The molecule has 0 atom stereocenters. The second-order valence-electron chi connectivity index (χ2n) is 15.9. The number of carbonyl (C=O) groups excluding carboxylic acids is 1. The van der Waals surface area contributed by atoms with E-state index in [1.54, 1.807) is 61.6 Å². The molecule has 4 aliphatic rings. The van der Waals surface area contributed by atoms with Crippen LogP contribution < -0.4 is 39.4 Å². The third-order valence-corrected chi connectivity index (χ3v) is 11.4. The lowest BCUT2D eigenvalue weighted by atomic mass is 9.90. The van der Waals surface area contributed by atoms with Gasteiger partial charge in [-0.2, -0.15) is 0 Å². The number of nitrogens with one attached hydrogen (secondary N) is 1. The number of carbonyl (C=O) groups is 5. The molecule has 1 amide bonds. The molecule has 4 aromatic rings. The Hall–Kier alpha value is -8.08. The van der Waals surface area contributed by atoms with Gasteiger partial charge in [0.2, 0.25) is 11.3 Å². The van der Waals surface area contributed by atoms with Gasteiger partial charge in [-0.05, 0) is 60.5 Å². The van der Waals surface area contributed by atoms with Crippen molar-refractivity contribution in [3.8, 4) is 33.9 Å². The van der Waals surface area contributed by atoms with Crippen molar-refractivity contribution < 1.29 is 58.3 Å². The Morgan fingerprint density at radius 3 is 2.12 bits per heavy atom. The van der Waals surface area contributed by atoms with E-state index in [-0.39, 0.29) is 54.3 Å². The predicted octanol–water partition coefficient (Wildman–Crippen LogP) is 5.11. The topological polar surface area (TPSA) is 223 Å². The van der Waals surface area contributed by atoms with Crippen LogP contribution in [0, 0.1) is 5.92 Å². The lowest BCUT2D eigenvalue weighted by Crippen LogP contribution is -2.53. The maximum Gasteiger partial charge on any atom is 0.336 e. The van der Waals surface area contributed by atoms with Crippen molar-refractivity contribution >= 4 is 63.5 Å². The minimum atomic E-state index is -1.21. The largest absolute Gasteiger partial charge is 0.488 e. The predicted molar refractivity (Wildman–Crippen MR) is 241 cm³/mol. The molecule has 0 radical (unpaired) electrons. The zero-order valence-corrected chi connectivity index (χ0v) is 35.3. The second kappa shape index (κ2) is 18.7. The smallest absolute Gasteiger partial charge is 0.336 e. The van der Waals surface area contributed by atoms with Gasteiger partial charge < -0.3 is 54.3 Å². The molecule has 334 valence electrons. The number of nitrogens with zero attached hydrogens (tertiary/aromatic N) is 4. The number of aliphatic carboxylic acids is 3. The molecular formula is C48H46N5O12+. The minimum absolute atomic E-state index is 0.0452. The van der Waals surface area contributed by atoms with Gasteiger partial charge in [0.1, 0.15) is 55.7 Å². The van der Waals surface area contributed by atoms with Crippen molar-refractivity contribution in [1.29, 1.82) is 0 Å². The molecule has 8 rings (SSSR count). The summed E-state index contributed by atoms with van der Waals surface area (Å²) in [6.45, 7) is 1.18. The van der Waals surface area contributed by atoms with Crippen LogP contribution >= 0.6 is 0 Å². The molecule has 0 unspecified atom stereocenters. The standard InChI is InChI=1S/C48H45N5O12/c1-50(26-43(54)55)37-16-11-30(21-42(37)64-20-19-63-39-10-5-4-9-38(39)53(27-44(56)57)28-45(58)59)49-47(60)29-24-52(25-29)32-13-15-36-41(23-32)65-40-22-31(51-17-6-18-51)12-14-35(40)46(36)33-7-2-3-8-34(33)48(61)62/h2-5,7-16,21-23,29H,6,17-20,24-28H2,1H3,(H4-,49,54,55,56,57,58,59,60,61,62)/p+1. The number of carboxylic acid groups (broad SMARTS) is 4. The molecule has 17 nitrogen and oxygen atoms in total. The van der Waals surface area contributed by atoms with E-state index in [0.717, 1.165) is 52.0 Å². The number of hydrogen-bond donors (Lipinski definition) is 5. The highest BCUT2D eigenvalue weighted by Gasteiger charge is 2.38. The van der Waals surface area contributed by atoms with Crippen molar-refractivity contribution in [2.24, 2.45) is 5.92 Å². The van der Waals surface area contributed by atoms with E-state index in [4.69, 9.17) is 13.9 Å². The third-order valence-electron chi connectivity index (χ3n) is 11.4. The van der Waals surface area contributed by atoms with Crippen LogP contribution in [0.2, 0.25) is 0 Å². The fourth-order valence-electron chi connectivity index (χ4n) is 8.12. The highest BCUT2D eigenvalue weighted by atomic mass is 16.5. The van der Waals surface area contributed by atoms with Crippen molar-refractivity contribution in [2.75, 3.05) is 86.1 Å². The number of benzene rings is 5. The Bertz CT molecular complexity index is 2850. The summed E-state index contributed by atoms with van der Waals surface area (Å²) >= 11 is 0. The fourth-order valence-corrected chi connectivity index (χ4v) is 8.12. The monoisotopic (exact) mass is 884 g/mol. The normalized spacial score (nSPS) is 14.3. The summed E-state index contributed by atoms with van der Waals surface area (Å²) < 4.78 is 20.6. The number of para-hydroxylation sites is 2. The molecule has 0 spiro atoms. The molecular weight excluding hydrogens is 839 g/mol. The summed E-state index contributed by atoms with van der Waals surface area (Å²) in [5.41, 5.74) is 5.09. The van der Waals surface area contributed by atoms with E-state index in [1.807, 2.05) is 48.5 Å². The molecule has 0 aromatic heterocycles. The second-order valence-corrected chi connectivity index (χ2v) is 15.9. The summed E-state index contributed by atoms with van der Waals surface area (Å²) in [6.07, 6.45) is 1.11. The van der Waals surface area contributed by atoms with Crippen LogP contribution in [0.15, 0.2) is 108 Å². The number of aromatic carboxylic acids is 1. The first-order valence-electron chi connectivity index (χ1n) is 20.9. The van der Waals surface area contributed by atoms with Gasteiger partial charge in [-0.25, -0.2) is 9.37 Å². The fraction of sp³-hybridized carbons (Fsp3) is 0.250. The Morgan fingerprint density at radius 2 is 1.43 bits per heavy atom. The van der Waals surface area contributed by atoms with Crippen molar-refractivity contribution in [3.63, 3.8) is 0 Å². The zero-order chi connectivity index (χ0) is 45.8. The van der Waals surface area contributed by atoms with Crippen LogP contribution in [0.4, 0.5) is 22.7 Å². The molecule has 17 heteroatoms. The lowest BCUT2D eigenvalue weighted by molar-refractivity contribution is -0.137. The Balaban J connectivity index is 0.997. The van der Waals surface area contributed by atoms with Crippen LogP contribution in [0.5, 0.6) is 11.5 Å². The number of ether oxygens (including phenoxy) is 2. The molecule has 2 saturated heterocycles. The Morgan fingerprint density at radius 1 is 0.738 bits per heavy atom. The molecule has 65 heavy (non-hydrogen) atoms. The van der Waals surface area contributed by atoms with E-state index in [1.165, 1.54) is 4.90 Å². The van der Waals surface area contributed by atoms with Gasteiger partial charge >= 0.3 is 23.9 Å². The average Bonchev–Trinajstić information content (AvgIpc) is 3.22. The first kappa shape index (κ1) is 43.6. The highest BCUT2D eigenvalue weighted by molar-refractivity contribution is 6.08. The quantitative estimate of drug-likeness (QED) is 0.0430. The number of anilines is 4. The Kier molecular flexibility index (Phi) is 12.5. The maximum absolute atomic E-state index is 13.6. The Labute approximate surface area is 371 Å². The molecule has 0 saturated carbocycles. The molecule has 4 aromatic carbocycles. The summed E-state index contributed by atoms with van der Waals surface area (Å²) in [7, 11) is 1.59. The van der Waals surface area contributed by atoms with Crippen LogP contribution in [0.3, 0.4) is 0 Å². The molecule has 5 N–H and O–H groups in total. The van der Waals surface area contributed by atoms with Gasteiger partial charge in [-0.1, -0.05) is 30.3 Å². The summed E-state index contributed by atoms with van der Waals surface area (Å²) in [5, 5.41) is 42.9. The van der Waals surface area contributed by atoms with Gasteiger partial charge in [0.05, 0.1) is 23.0 Å². The molecule has 2 fully saturated rings. The van der Waals surface area contributed by atoms with Crippen LogP contribution in [0.1, 0.15) is 16.8 Å². The van der Waals surface area contributed by atoms with Gasteiger partial charge in [0.25, 0.3) is 0 Å². The first-order valence-corrected chi connectivity index (χ1v) is 20.9. The number of likely N-dealkylation sites (N-methyl/N-ethyl adjacent to an activating group) is 1. The lowest BCUT2D eigenvalue weighted by Gasteiger charge is -2.33. The number of amides is 1. The van der Waals surface area contributed by atoms with Gasteiger partial charge in [-0.3, -0.25) is 19.2 Å². The van der Waals surface area contributed by atoms with Gasteiger partial charge in [-0.15, -0.1) is 0 Å². The van der Waals surface area contributed by atoms with E-state index in [2.05, 4.69) is 14.8 Å². The zero-order valence-electron chi connectivity index (χ0n) is 35.3. The van der Waals surface area contributed by atoms with Gasteiger partial charge in [0, 0.05) is 66.2 Å². The summed E-state index contributed by atoms with van der Waals surface area (Å²) in [4.78, 5) is 65.4. The summed E-state index contributed by atoms with van der Waals surface area (Å²) in [5.74, 6) is -4.03. The van der Waals surface area contributed by atoms with E-state index >= 15 is 0 Å². The molecule has 3 aliphatic heterocycles. The SMILES string of the molecule is CN(CC(=O)O)c1ccc(NC(=O)C2C[N+](=c3ccc4c(-c5ccccc5C(=O)O)c5ccc(N6CCC6)cc5oc-4c3)C2)cc1OCCOc1ccccc1N(CC(=O)O)CC(=O)O. The number of hydrogen-bond acceptors (Lipinski definition) is 11. The van der Waals surface area contributed by atoms with Crippen molar-refractivity contribution in [1.82, 2.24) is 4.58 Å². The van der Waals surface area contributed by atoms with Crippen molar-refractivity contribution in [2.45, 2.75) is 6.42 Å². The van der Waals surface area contributed by atoms with E-state index in [0.29, 0.717) is 41.4 Å². The number of fused-ring (bicyclic) bond motifs is 2. The van der Waals surface area contributed by atoms with Crippen LogP contribution in [0.25, 0.3) is 33.4 Å². The molecule has 1 aliphatic carbocycles.